The summed E-state index contributed by atoms with van der Waals surface area (Å²) in [5, 5.41) is 11.3. The minimum Gasteiger partial charge on any atom is -0.379 e. The third-order valence-electron chi connectivity index (χ3n) is 5.90. The highest BCUT2D eigenvalue weighted by molar-refractivity contribution is 5.91. The van der Waals surface area contributed by atoms with E-state index in [4.69, 9.17) is 4.74 Å². The number of amides is 1. The normalized spacial score (nSPS) is 19.5. The molecule has 2 saturated heterocycles. The molecule has 0 aliphatic carbocycles. The Morgan fingerprint density at radius 2 is 1.83 bits per heavy atom. The Morgan fingerprint density at radius 1 is 1.07 bits per heavy atom. The van der Waals surface area contributed by atoms with Crippen molar-refractivity contribution in [3.05, 3.63) is 42.0 Å². The highest BCUT2D eigenvalue weighted by Crippen LogP contribution is 2.20. The number of likely N-dealkylation sites (tertiary alicyclic amines) is 1. The Balaban J connectivity index is 1.32. The summed E-state index contributed by atoms with van der Waals surface area (Å²) >= 11 is 0. The first kappa shape index (κ1) is 20.9. The van der Waals surface area contributed by atoms with Gasteiger partial charge in [-0.05, 0) is 43.6 Å². The van der Waals surface area contributed by atoms with Crippen LogP contribution in [0.1, 0.15) is 41.4 Å². The van der Waals surface area contributed by atoms with Crippen LogP contribution >= 0.6 is 0 Å². The second-order valence-corrected chi connectivity index (χ2v) is 7.92. The molecular weight excluding hydrogens is 382 g/mol. The van der Waals surface area contributed by atoms with Gasteiger partial charge in [-0.1, -0.05) is 11.6 Å². The first-order valence-electron chi connectivity index (χ1n) is 10.9. The number of carbonyl (C=O) groups is 1. The molecule has 2 aromatic rings. The lowest BCUT2D eigenvalue weighted by atomic mass is 10.1. The van der Waals surface area contributed by atoms with Crippen molar-refractivity contribution in [2.75, 3.05) is 52.5 Å². The summed E-state index contributed by atoms with van der Waals surface area (Å²) in [6, 6.07) is 4.08. The first-order chi connectivity index (χ1) is 14.8. The van der Waals surface area contributed by atoms with E-state index >= 15 is 0 Å². The molecule has 0 saturated carbocycles. The summed E-state index contributed by atoms with van der Waals surface area (Å²) in [5.74, 6) is -0.188. The van der Waals surface area contributed by atoms with Crippen LogP contribution in [0.2, 0.25) is 0 Å². The quantitative estimate of drug-likeness (QED) is 0.690. The Kier molecular flexibility index (Phi) is 7.39. The Bertz CT molecular complexity index is 786. The van der Waals surface area contributed by atoms with Gasteiger partial charge in [0.25, 0.3) is 5.91 Å². The highest BCUT2D eigenvalue weighted by Gasteiger charge is 2.24. The number of piperidine rings is 1. The second-order valence-electron chi connectivity index (χ2n) is 7.92. The van der Waals surface area contributed by atoms with Crippen molar-refractivity contribution in [3.8, 4) is 0 Å². The molecule has 2 fully saturated rings. The molecule has 0 spiro atoms. The van der Waals surface area contributed by atoms with Crippen molar-refractivity contribution in [2.24, 2.45) is 0 Å². The predicted molar refractivity (Wildman–Crippen MR) is 112 cm³/mol. The predicted octanol–water partition coefficient (Wildman–Crippen LogP) is 0.962. The molecule has 9 nitrogen and oxygen atoms in total. The molecule has 1 amide bonds. The summed E-state index contributed by atoms with van der Waals surface area (Å²) in [6.07, 6.45) is 9.20. The molecule has 4 rings (SSSR count). The number of pyridine rings is 1. The number of nitrogens with zero attached hydrogens (tertiary/aromatic N) is 6. The molecule has 0 aromatic carbocycles. The number of carbonyl (C=O) groups excluding carboxylic acids is 1. The Morgan fingerprint density at radius 3 is 2.60 bits per heavy atom. The smallest absolute Gasteiger partial charge is 0.273 e. The number of hydrogen-bond donors (Lipinski definition) is 1. The summed E-state index contributed by atoms with van der Waals surface area (Å²) < 4.78 is 7.25. The SMILES string of the molecule is O=C(NC[C@@H](c1ccncc1)N1CCOCC1)c1cn(CCN2CCCCC2)nn1. The summed E-state index contributed by atoms with van der Waals surface area (Å²) in [6.45, 7) is 7.62. The van der Waals surface area contributed by atoms with E-state index in [-0.39, 0.29) is 11.9 Å². The summed E-state index contributed by atoms with van der Waals surface area (Å²) in [4.78, 5) is 21.6. The minimum absolute atomic E-state index is 0.0787. The van der Waals surface area contributed by atoms with E-state index in [2.05, 4.69) is 30.4 Å². The van der Waals surface area contributed by atoms with Crippen LogP contribution in [0.15, 0.2) is 30.7 Å². The van der Waals surface area contributed by atoms with Crippen molar-refractivity contribution in [1.29, 1.82) is 0 Å². The third-order valence-corrected chi connectivity index (χ3v) is 5.90. The number of aromatic nitrogens is 4. The lowest BCUT2D eigenvalue weighted by Crippen LogP contribution is -2.43. The molecule has 2 aliphatic heterocycles. The molecule has 0 radical (unpaired) electrons. The zero-order valence-corrected chi connectivity index (χ0v) is 17.4. The van der Waals surface area contributed by atoms with E-state index in [0.29, 0.717) is 25.5 Å². The number of rotatable bonds is 8. The molecule has 1 atom stereocenters. The Hall–Kier alpha value is -2.36. The molecule has 4 heterocycles. The largest absolute Gasteiger partial charge is 0.379 e. The van der Waals surface area contributed by atoms with Crippen LogP contribution in [0, 0.1) is 0 Å². The molecule has 2 aliphatic rings. The maximum atomic E-state index is 12.7. The average Bonchev–Trinajstić information content (AvgIpc) is 3.29. The van der Waals surface area contributed by atoms with Crippen LogP contribution in [0.4, 0.5) is 0 Å². The molecule has 2 aromatic heterocycles. The maximum Gasteiger partial charge on any atom is 0.273 e. The van der Waals surface area contributed by atoms with Crippen molar-refractivity contribution >= 4 is 5.91 Å². The molecule has 9 heteroatoms. The lowest BCUT2D eigenvalue weighted by molar-refractivity contribution is 0.0162. The zero-order valence-electron chi connectivity index (χ0n) is 17.4. The molecule has 162 valence electrons. The lowest BCUT2D eigenvalue weighted by Gasteiger charge is -2.34. The molecule has 1 N–H and O–H groups in total. The van der Waals surface area contributed by atoms with Gasteiger partial charge in [0.05, 0.1) is 32.0 Å². The van der Waals surface area contributed by atoms with Gasteiger partial charge < -0.3 is 15.0 Å². The van der Waals surface area contributed by atoms with Crippen LogP contribution in [0.5, 0.6) is 0 Å². The van der Waals surface area contributed by atoms with Crippen molar-refractivity contribution < 1.29 is 9.53 Å². The number of hydrogen-bond acceptors (Lipinski definition) is 7. The third kappa shape index (κ3) is 5.62. The molecule has 0 unspecified atom stereocenters. The maximum absolute atomic E-state index is 12.7. The number of nitrogens with one attached hydrogen (secondary N) is 1. The van der Waals surface area contributed by atoms with Gasteiger partial charge in [0.1, 0.15) is 0 Å². The standard InChI is InChI=1S/C21H31N7O2/c29-21(19-17-28(25-24-19)11-10-26-8-2-1-3-9-26)23-16-20(18-4-6-22-7-5-18)27-12-14-30-15-13-27/h4-7,17,20H,1-3,8-16H2,(H,23,29)/t20-/m0/s1. The van der Waals surface area contributed by atoms with E-state index in [1.54, 1.807) is 23.3 Å². The van der Waals surface area contributed by atoms with Gasteiger partial charge in [0.15, 0.2) is 5.69 Å². The molecule has 30 heavy (non-hydrogen) atoms. The van der Waals surface area contributed by atoms with Gasteiger partial charge in [0, 0.05) is 38.6 Å². The van der Waals surface area contributed by atoms with Crippen LogP contribution < -0.4 is 5.32 Å². The zero-order chi connectivity index (χ0) is 20.6. The fourth-order valence-electron chi connectivity index (χ4n) is 4.15. The van der Waals surface area contributed by atoms with E-state index in [1.165, 1.54) is 19.3 Å². The second kappa shape index (κ2) is 10.6. The van der Waals surface area contributed by atoms with E-state index in [0.717, 1.165) is 44.8 Å². The highest BCUT2D eigenvalue weighted by atomic mass is 16.5. The van der Waals surface area contributed by atoms with Crippen molar-refractivity contribution in [1.82, 2.24) is 35.1 Å². The monoisotopic (exact) mass is 413 g/mol. The van der Waals surface area contributed by atoms with Crippen LogP contribution in [-0.2, 0) is 11.3 Å². The summed E-state index contributed by atoms with van der Waals surface area (Å²) in [7, 11) is 0. The van der Waals surface area contributed by atoms with Crippen LogP contribution in [0.3, 0.4) is 0 Å². The minimum atomic E-state index is -0.188. The van der Waals surface area contributed by atoms with Crippen molar-refractivity contribution in [2.45, 2.75) is 31.8 Å². The first-order valence-corrected chi connectivity index (χ1v) is 10.9. The van der Waals surface area contributed by atoms with E-state index in [9.17, 15) is 4.79 Å². The van der Waals surface area contributed by atoms with E-state index in [1.807, 2.05) is 12.1 Å². The van der Waals surface area contributed by atoms with Gasteiger partial charge in [-0.2, -0.15) is 0 Å². The van der Waals surface area contributed by atoms with Gasteiger partial charge >= 0.3 is 0 Å². The van der Waals surface area contributed by atoms with Gasteiger partial charge in [-0.3, -0.25) is 19.4 Å². The van der Waals surface area contributed by atoms with E-state index < -0.39 is 0 Å². The van der Waals surface area contributed by atoms with Gasteiger partial charge in [-0.15, -0.1) is 5.10 Å². The fraction of sp³-hybridized carbons (Fsp3) is 0.619. The van der Waals surface area contributed by atoms with Crippen molar-refractivity contribution in [3.63, 3.8) is 0 Å². The fourth-order valence-corrected chi connectivity index (χ4v) is 4.15. The molecule has 0 bridgehead atoms. The number of morpholine rings is 1. The number of ether oxygens (including phenoxy) is 1. The Labute approximate surface area is 177 Å². The topological polar surface area (TPSA) is 88.4 Å². The van der Waals surface area contributed by atoms with Crippen LogP contribution in [-0.4, -0.2) is 88.2 Å². The van der Waals surface area contributed by atoms with Crippen LogP contribution in [0.25, 0.3) is 0 Å². The average molecular weight is 414 g/mol. The summed E-state index contributed by atoms with van der Waals surface area (Å²) in [5.41, 5.74) is 1.50. The van der Waals surface area contributed by atoms with Gasteiger partial charge in [-0.25, -0.2) is 0 Å². The van der Waals surface area contributed by atoms with Gasteiger partial charge in [0.2, 0.25) is 0 Å². The molecular formula is C21H31N7O2.